The molecule has 0 fully saturated rings. The predicted molar refractivity (Wildman–Crippen MR) is 66.8 cm³/mol. The van der Waals surface area contributed by atoms with E-state index in [9.17, 15) is 4.79 Å². The van der Waals surface area contributed by atoms with Gasteiger partial charge in [0.25, 0.3) is 0 Å². The highest BCUT2D eigenvalue weighted by molar-refractivity contribution is 7.15. The first-order valence-corrected chi connectivity index (χ1v) is 6.58. The van der Waals surface area contributed by atoms with Crippen molar-refractivity contribution in [3.63, 3.8) is 0 Å². The minimum Gasteiger partial charge on any atom is -0.301 e. The molecule has 1 aromatic rings. The minimum absolute atomic E-state index is 0.0416. The van der Waals surface area contributed by atoms with Gasteiger partial charge in [-0.05, 0) is 6.42 Å². The van der Waals surface area contributed by atoms with Crippen molar-refractivity contribution >= 4 is 22.4 Å². The molecule has 0 aromatic carbocycles. The second-order valence-electron chi connectivity index (χ2n) is 4.11. The number of hydrogen-bond acceptors (Lipinski definition) is 4. The van der Waals surface area contributed by atoms with Gasteiger partial charge in [0.05, 0.1) is 0 Å². The van der Waals surface area contributed by atoms with Crippen LogP contribution in [0.3, 0.4) is 0 Å². The summed E-state index contributed by atoms with van der Waals surface area (Å²) in [6, 6.07) is 0. The van der Waals surface area contributed by atoms with E-state index in [0.717, 1.165) is 24.3 Å². The van der Waals surface area contributed by atoms with E-state index in [1.54, 1.807) is 0 Å². The molecule has 0 bridgehead atoms. The van der Waals surface area contributed by atoms with Gasteiger partial charge in [0.15, 0.2) is 0 Å². The van der Waals surface area contributed by atoms with Crippen LogP contribution in [-0.2, 0) is 4.79 Å². The molecular weight excluding hydrogens is 222 g/mol. The monoisotopic (exact) mass is 241 g/mol. The van der Waals surface area contributed by atoms with Crippen LogP contribution in [0.1, 0.15) is 57.4 Å². The molecule has 0 radical (unpaired) electrons. The van der Waals surface area contributed by atoms with Crippen molar-refractivity contribution in [3.05, 3.63) is 5.01 Å². The maximum atomic E-state index is 11.5. The Kier molecular flexibility index (Phi) is 5.38. The van der Waals surface area contributed by atoms with Crippen LogP contribution in [0.5, 0.6) is 0 Å². The highest BCUT2D eigenvalue weighted by Gasteiger charge is 2.09. The van der Waals surface area contributed by atoms with Crippen LogP contribution in [0.25, 0.3) is 0 Å². The average Bonchev–Trinajstić information content (AvgIpc) is 2.66. The number of amides is 1. The number of rotatable bonds is 6. The maximum Gasteiger partial charge on any atom is 0.226 e. The van der Waals surface area contributed by atoms with Crippen LogP contribution < -0.4 is 5.32 Å². The quantitative estimate of drug-likeness (QED) is 0.778. The molecule has 0 spiro atoms. The Labute approximate surface area is 100 Å². The Morgan fingerprint density at radius 2 is 2.12 bits per heavy atom. The van der Waals surface area contributed by atoms with Crippen LogP contribution >= 0.6 is 11.3 Å². The fraction of sp³-hybridized carbons (Fsp3) is 0.727. The third-order valence-electron chi connectivity index (χ3n) is 2.19. The highest BCUT2D eigenvalue weighted by atomic mass is 32.1. The molecule has 1 aromatic heterocycles. The first-order valence-electron chi connectivity index (χ1n) is 5.76. The van der Waals surface area contributed by atoms with Crippen LogP contribution in [-0.4, -0.2) is 16.1 Å². The minimum atomic E-state index is 0.0416. The summed E-state index contributed by atoms with van der Waals surface area (Å²) in [7, 11) is 0. The molecule has 0 unspecified atom stereocenters. The fourth-order valence-corrected chi connectivity index (χ4v) is 2.00. The van der Waals surface area contributed by atoms with Crippen molar-refractivity contribution in [1.29, 1.82) is 0 Å². The van der Waals surface area contributed by atoms with Crippen molar-refractivity contribution in [2.24, 2.45) is 0 Å². The fourth-order valence-electron chi connectivity index (χ4n) is 1.24. The summed E-state index contributed by atoms with van der Waals surface area (Å²) in [4.78, 5) is 11.5. The van der Waals surface area contributed by atoms with Gasteiger partial charge in [0.2, 0.25) is 11.0 Å². The Bertz CT molecular complexity index is 336. The molecule has 0 saturated heterocycles. The van der Waals surface area contributed by atoms with E-state index in [2.05, 4.69) is 36.3 Å². The maximum absolute atomic E-state index is 11.5. The van der Waals surface area contributed by atoms with Crippen LogP contribution in [0.2, 0.25) is 0 Å². The van der Waals surface area contributed by atoms with Crippen LogP contribution in [0.15, 0.2) is 0 Å². The number of hydrogen-bond donors (Lipinski definition) is 1. The number of nitrogens with one attached hydrogen (secondary N) is 1. The van der Waals surface area contributed by atoms with Crippen LogP contribution in [0.4, 0.5) is 5.13 Å². The molecule has 5 heteroatoms. The predicted octanol–water partition coefficient (Wildman–Crippen LogP) is 3.18. The molecule has 90 valence electrons. The number of carbonyl (C=O) groups is 1. The molecule has 0 atom stereocenters. The summed E-state index contributed by atoms with van der Waals surface area (Å²) in [5.41, 5.74) is 0. The SMILES string of the molecule is CCCCCC(=O)Nc1nnc(C(C)C)s1. The number of anilines is 1. The Morgan fingerprint density at radius 1 is 1.38 bits per heavy atom. The van der Waals surface area contributed by atoms with Crippen molar-refractivity contribution < 1.29 is 4.79 Å². The van der Waals surface area contributed by atoms with Crippen molar-refractivity contribution in [2.45, 2.75) is 52.4 Å². The topological polar surface area (TPSA) is 54.9 Å². The highest BCUT2D eigenvalue weighted by Crippen LogP contribution is 2.22. The van der Waals surface area contributed by atoms with Crippen molar-refractivity contribution in [3.8, 4) is 0 Å². The van der Waals surface area contributed by atoms with Gasteiger partial charge >= 0.3 is 0 Å². The zero-order chi connectivity index (χ0) is 12.0. The van der Waals surface area contributed by atoms with Crippen LogP contribution in [0, 0.1) is 0 Å². The van der Waals surface area contributed by atoms with E-state index in [1.807, 2.05) is 0 Å². The number of nitrogens with zero attached hydrogens (tertiary/aromatic N) is 2. The van der Waals surface area contributed by atoms with Gasteiger partial charge in [-0.2, -0.15) is 0 Å². The summed E-state index contributed by atoms with van der Waals surface area (Å²) >= 11 is 1.45. The van der Waals surface area contributed by atoms with Gasteiger partial charge < -0.3 is 5.32 Å². The van der Waals surface area contributed by atoms with E-state index < -0.39 is 0 Å². The lowest BCUT2D eigenvalue weighted by Crippen LogP contribution is -2.10. The third kappa shape index (κ3) is 4.26. The normalized spacial score (nSPS) is 10.8. The van der Waals surface area contributed by atoms with Gasteiger partial charge in [-0.3, -0.25) is 4.79 Å². The van der Waals surface area contributed by atoms with Gasteiger partial charge in [-0.15, -0.1) is 10.2 Å². The lowest BCUT2D eigenvalue weighted by Gasteiger charge is -1.99. The molecule has 0 aliphatic rings. The Hall–Kier alpha value is -0.970. The molecule has 1 amide bonds. The summed E-state index contributed by atoms with van der Waals surface area (Å²) in [6.45, 7) is 6.25. The number of carbonyl (C=O) groups excluding carboxylic acids is 1. The smallest absolute Gasteiger partial charge is 0.226 e. The molecule has 1 N–H and O–H groups in total. The summed E-state index contributed by atoms with van der Waals surface area (Å²) in [5.74, 6) is 0.406. The zero-order valence-corrected chi connectivity index (χ0v) is 10.9. The van der Waals surface area contributed by atoms with E-state index in [-0.39, 0.29) is 5.91 Å². The lowest BCUT2D eigenvalue weighted by molar-refractivity contribution is -0.116. The van der Waals surface area contributed by atoms with E-state index in [1.165, 1.54) is 11.3 Å². The lowest BCUT2D eigenvalue weighted by atomic mass is 10.2. The molecule has 1 rings (SSSR count). The molecule has 0 aliphatic carbocycles. The van der Waals surface area contributed by atoms with Crippen molar-refractivity contribution in [2.75, 3.05) is 5.32 Å². The Balaban J connectivity index is 2.37. The van der Waals surface area contributed by atoms with Gasteiger partial charge in [0, 0.05) is 12.3 Å². The molecule has 16 heavy (non-hydrogen) atoms. The average molecular weight is 241 g/mol. The first kappa shape index (κ1) is 13.1. The summed E-state index contributed by atoms with van der Waals surface area (Å²) in [6.07, 6.45) is 3.74. The molecular formula is C11H19N3OS. The van der Waals surface area contributed by atoms with Gasteiger partial charge in [0.1, 0.15) is 5.01 Å². The molecule has 0 saturated carbocycles. The van der Waals surface area contributed by atoms with E-state index in [0.29, 0.717) is 17.5 Å². The van der Waals surface area contributed by atoms with Gasteiger partial charge in [-0.1, -0.05) is 44.9 Å². The van der Waals surface area contributed by atoms with Gasteiger partial charge in [-0.25, -0.2) is 0 Å². The summed E-state index contributed by atoms with van der Waals surface area (Å²) in [5, 5.41) is 12.3. The van der Waals surface area contributed by atoms with E-state index in [4.69, 9.17) is 0 Å². The standard InChI is InChI=1S/C11H19N3OS/c1-4-5-6-7-9(15)12-11-14-13-10(16-11)8(2)3/h8H,4-7H2,1-3H3,(H,12,14,15). The van der Waals surface area contributed by atoms with E-state index >= 15 is 0 Å². The second kappa shape index (κ2) is 6.58. The second-order valence-corrected chi connectivity index (χ2v) is 5.11. The Morgan fingerprint density at radius 3 is 2.69 bits per heavy atom. The molecule has 4 nitrogen and oxygen atoms in total. The largest absolute Gasteiger partial charge is 0.301 e. The number of unbranched alkanes of at least 4 members (excludes halogenated alkanes) is 2. The summed E-state index contributed by atoms with van der Waals surface area (Å²) < 4.78 is 0. The number of aromatic nitrogens is 2. The molecule has 1 heterocycles. The van der Waals surface area contributed by atoms with Crippen molar-refractivity contribution in [1.82, 2.24) is 10.2 Å². The molecule has 0 aliphatic heterocycles. The third-order valence-corrected chi connectivity index (χ3v) is 3.33. The first-order chi connectivity index (χ1) is 7.63. The zero-order valence-electron chi connectivity index (χ0n) is 10.1.